The van der Waals surface area contributed by atoms with E-state index in [0.29, 0.717) is 9.75 Å². The molecular formula is C19H16F3NO3S2. The highest BCUT2D eigenvalue weighted by molar-refractivity contribution is 7.89. The second kappa shape index (κ2) is 8.04. The molecule has 0 bridgehead atoms. The molecule has 148 valence electrons. The van der Waals surface area contributed by atoms with Crippen molar-refractivity contribution in [3.8, 4) is 0 Å². The van der Waals surface area contributed by atoms with Crippen LogP contribution in [-0.2, 0) is 22.7 Å². The SMILES string of the molecule is O=S(=O)(NCc1ccc(C(O)c2ccccc2)s1)c1ccc(C(F)(F)F)cc1. The first-order valence-corrected chi connectivity index (χ1v) is 10.5. The molecule has 1 unspecified atom stereocenters. The summed E-state index contributed by atoms with van der Waals surface area (Å²) >= 11 is 1.25. The Morgan fingerprint density at radius 2 is 1.61 bits per heavy atom. The molecule has 0 radical (unpaired) electrons. The average Bonchev–Trinajstić information content (AvgIpc) is 3.15. The van der Waals surface area contributed by atoms with E-state index in [1.54, 1.807) is 24.3 Å². The molecule has 0 saturated carbocycles. The van der Waals surface area contributed by atoms with Crippen LogP contribution in [0.15, 0.2) is 71.6 Å². The van der Waals surface area contributed by atoms with Gasteiger partial charge in [-0.05, 0) is 42.0 Å². The minimum absolute atomic E-state index is 0.0322. The summed E-state index contributed by atoms with van der Waals surface area (Å²) in [6, 6.07) is 15.7. The Balaban J connectivity index is 1.67. The van der Waals surface area contributed by atoms with E-state index in [-0.39, 0.29) is 11.4 Å². The summed E-state index contributed by atoms with van der Waals surface area (Å²) in [6.07, 6.45) is -5.34. The second-order valence-electron chi connectivity index (χ2n) is 5.96. The predicted molar refractivity (Wildman–Crippen MR) is 100 cm³/mol. The van der Waals surface area contributed by atoms with Crippen molar-refractivity contribution in [2.45, 2.75) is 23.7 Å². The number of halogens is 3. The number of aliphatic hydroxyl groups excluding tert-OH is 1. The predicted octanol–water partition coefficient (Wildman–Crippen LogP) is 4.33. The molecule has 1 aromatic heterocycles. The van der Waals surface area contributed by atoms with Gasteiger partial charge in [-0.25, -0.2) is 13.1 Å². The molecule has 0 saturated heterocycles. The van der Waals surface area contributed by atoms with Crippen molar-refractivity contribution < 1.29 is 26.7 Å². The Morgan fingerprint density at radius 1 is 0.964 bits per heavy atom. The van der Waals surface area contributed by atoms with Gasteiger partial charge in [0.1, 0.15) is 6.10 Å². The van der Waals surface area contributed by atoms with E-state index in [2.05, 4.69) is 4.72 Å². The van der Waals surface area contributed by atoms with Gasteiger partial charge in [0.15, 0.2) is 0 Å². The molecule has 9 heteroatoms. The van der Waals surface area contributed by atoms with Crippen LogP contribution in [0.3, 0.4) is 0 Å². The molecule has 1 heterocycles. The zero-order valence-electron chi connectivity index (χ0n) is 14.3. The highest BCUT2D eigenvalue weighted by Gasteiger charge is 2.30. The van der Waals surface area contributed by atoms with Crippen LogP contribution in [0.1, 0.15) is 27.0 Å². The van der Waals surface area contributed by atoms with Crippen LogP contribution in [0, 0.1) is 0 Å². The van der Waals surface area contributed by atoms with E-state index in [1.165, 1.54) is 11.3 Å². The van der Waals surface area contributed by atoms with Gasteiger partial charge in [0.05, 0.1) is 10.5 Å². The van der Waals surface area contributed by atoms with Crippen molar-refractivity contribution >= 4 is 21.4 Å². The van der Waals surface area contributed by atoms with Crippen LogP contribution in [0.25, 0.3) is 0 Å². The van der Waals surface area contributed by atoms with E-state index >= 15 is 0 Å². The number of rotatable bonds is 6. The van der Waals surface area contributed by atoms with Gasteiger partial charge in [-0.3, -0.25) is 0 Å². The molecule has 0 aliphatic heterocycles. The van der Waals surface area contributed by atoms with Crippen molar-refractivity contribution in [2.24, 2.45) is 0 Å². The van der Waals surface area contributed by atoms with Crippen molar-refractivity contribution in [2.75, 3.05) is 0 Å². The quantitative estimate of drug-likeness (QED) is 0.616. The smallest absolute Gasteiger partial charge is 0.383 e. The number of sulfonamides is 1. The number of thiophene rings is 1. The van der Waals surface area contributed by atoms with Gasteiger partial charge in [0, 0.05) is 16.3 Å². The number of nitrogens with one attached hydrogen (secondary N) is 1. The van der Waals surface area contributed by atoms with E-state index in [4.69, 9.17) is 0 Å². The summed E-state index contributed by atoms with van der Waals surface area (Å²) in [5, 5.41) is 10.4. The number of aliphatic hydroxyl groups is 1. The molecule has 4 nitrogen and oxygen atoms in total. The molecule has 0 aliphatic rings. The molecule has 0 spiro atoms. The monoisotopic (exact) mass is 427 g/mol. The van der Waals surface area contributed by atoms with Crippen LogP contribution in [0.4, 0.5) is 13.2 Å². The maximum absolute atomic E-state index is 12.6. The Kier molecular flexibility index (Phi) is 5.90. The number of benzene rings is 2. The third kappa shape index (κ3) is 4.79. The Bertz CT molecular complexity index is 1030. The van der Waals surface area contributed by atoms with Crippen molar-refractivity contribution in [3.05, 3.63) is 87.6 Å². The lowest BCUT2D eigenvalue weighted by Gasteiger charge is -2.09. The summed E-state index contributed by atoms with van der Waals surface area (Å²) in [6.45, 7) is -0.0322. The van der Waals surface area contributed by atoms with Gasteiger partial charge in [-0.1, -0.05) is 30.3 Å². The number of alkyl halides is 3. The minimum atomic E-state index is -4.53. The minimum Gasteiger partial charge on any atom is -0.383 e. The lowest BCUT2D eigenvalue weighted by molar-refractivity contribution is -0.137. The van der Waals surface area contributed by atoms with Crippen LogP contribution in [0.2, 0.25) is 0 Å². The van der Waals surface area contributed by atoms with E-state index in [0.717, 1.165) is 29.8 Å². The fourth-order valence-corrected chi connectivity index (χ4v) is 4.57. The van der Waals surface area contributed by atoms with Gasteiger partial charge >= 0.3 is 6.18 Å². The molecule has 0 aliphatic carbocycles. The number of hydrogen-bond acceptors (Lipinski definition) is 4. The van der Waals surface area contributed by atoms with Gasteiger partial charge < -0.3 is 5.11 Å². The molecule has 2 N–H and O–H groups in total. The first-order valence-electron chi connectivity index (χ1n) is 8.15. The summed E-state index contributed by atoms with van der Waals surface area (Å²) in [7, 11) is -3.96. The first kappa shape index (κ1) is 20.5. The van der Waals surface area contributed by atoms with Crippen LogP contribution in [0.5, 0.6) is 0 Å². The van der Waals surface area contributed by atoms with Crippen LogP contribution < -0.4 is 4.72 Å². The van der Waals surface area contributed by atoms with Crippen molar-refractivity contribution in [1.82, 2.24) is 4.72 Å². The van der Waals surface area contributed by atoms with Gasteiger partial charge in [0.2, 0.25) is 10.0 Å². The van der Waals surface area contributed by atoms with Gasteiger partial charge in [-0.15, -0.1) is 11.3 Å². The zero-order chi connectivity index (χ0) is 20.4. The summed E-state index contributed by atoms with van der Waals surface area (Å²) < 4.78 is 64.7. The van der Waals surface area contributed by atoms with Crippen molar-refractivity contribution in [1.29, 1.82) is 0 Å². The Hall–Kier alpha value is -2.20. The summed E-state index contributed by atoms with van der Waals surface area (Å²) in [5.74, 6) is 0. The largest absolute Gasteiger partial charge is 0.416 e. The van der Waals surface area contributed by atoms with E-state index in [1.807, 2.05) is 18.2 Å². The second-order valence-corrected chi connectivity index (χ2v) is 8.93. The third-order valence-electron chi connectivity index (χ3n) is 4.00. The van der Waals surface area contributed by atoms with E-state index < -0.39 is 27.9 Å². The van der Waals surface area contributed by atoms with Gasteiger partial charge in [-0.2, -0.15) is 13.2 Å². The number of hydrogen-bond donors (Lipinski definition) is 2. The molecule has 3 rings (SSSR count). The topological polar surface area (TPSA) is 66.4 Å². The lowest BCUT2D eigenvalue weighted by atomic mass is 10.1. The standard InChI is InChI=1S/C19H16F3NO3S2/c20-19(21,22)14-6-9-16(10-7-14)28(25,26)23-12-15-8-11-17(27-15)18(24)13-4-2-1-3-5-13/h1-11,18,23-24H,12H2. The lowest BCUT2D eigenvalue weighted by Crippen LogP contribution is -2.22. The molecule has 1 atom stereocenters. The maximum atomic E-state index is 12.6. The fraction of sp³-hybridized carbons (Fsp3) is 0.158. The average molecular weight is 427 g/mol. The maximum Gasteiger partial charge on any atom is 0.416 e. The summed E-state index contributed by atoms with van der Waals surface area (Å²) in [5.41, 5.74) is -0.189. The fourth-order valence-electron chi connectivity index (χ4n) is 2.51. The molecule has 0 fully saturated rings. The normalized spacial score (nSPS) is 13.4. The molecular weight excluding hydrogens is 411 g/mol. The Labute approximate surface area is 164 Å². The molecule has 0 amide bonds. The first-order chi connectivity index (χ1) is 13.2. The highest BCUT2D eigenvalue weighted by Crippen LogP contribution is 2.30. The van der Waals surface area contributed by atoms with Crippen molar-refractivity contribution in [3.63, 3.8) is 0 Å². The third-order valence-corrected chi connectivity index (χ3v) is 6.55. The van der Waals surface area contributed by atoms with E-state index in [9.17, 15) is 26.7 Å². The molecule has 28 heavy (non-hydrogen) atoms. The Morgan fingerprint density at radius 3 is 2.21 bits per heavy atom. The molecule has 2 aromatic carbocycles. The van der Waals surface area contributed by atoms with Crippen LogP contribution >= 0.6 is 11.3 Å². The highest BCUT2D eigenvalue weighted by atomic mass is 32.2. The molecule has 3 aromatic rings. The zero-order valence-corrected chi connectivity index (χ0v) is 16.0. The van der Waals surface area contributed by atoms with Crippen LogP contribution in [-0.4, -0.2) is 13.5 Å². The summed E-state index contributed by atoms with van der Waals surface area (Å²) in [4.78, 5) is 1.08. The van der Waals surface area contributed by atoms with Gasteiger partial charge in [0.25, 0.3) is 0 Å².